The fraction of sp³-hybridized carbons (Fsp3) is 0.167. The molecular formula is C18H18N2O2. The summed E-state index contributed by atoms with van der Waals surface area (Å²) in [6, 6.07) is 15.9. The number of ether oxygens (including phenoxy) is 1. The molecule has 0 atom stereocenters. The van der Waals surface area contributed by atoms with E-state index in [4.69, 9.17) is 4.74 Å². The molecule has 0 spiro atoms. The van der Waals surface area contributed by atoms with Gasteiger partial charge in [-0.05, 0) is 35.9 Å². The van der Waals surface area contributed by atoms with E-state index in [0.717, 1.165) is 16.8 Å². The van der Waals surface area contributed by atoms with Gasteiger partial charge >= 0.3 is 5.97 Å². The van der Waals surface area contributed by atoms with Crippen LogP contribution in [0.4, 0.5) is 5.69 Å². The van der Waals surface area contributed by atoms with E-state index in [1.54, 1.807) is 6.07 Å². The van der Waals surface area contributed by atoms with E-state index in [0.29, 0.717) is 12.1 Å². The third-order valence-electron chi connectivity index (χ3n) is 3.82. The maximum Gasteiger partial charge on any atom is 0.338 e. The summed E-state index contributed by atoms with van der Waals surface area (Å²) in [7, 11) is 3.31. The number of aromatic nitrogens is 1. The molecule has 1 aromatic heterocycles. The van der Waals surface area contributed by atoms with Crippen LogP contribution in [0.1, 0.15) is 15.9 Å². The van der Waals surface area contributed by atoms with Gasteiger partial charge in [-0.1, -0.05) is 18.2 Å². The van der Waals surface area contributed by atoms with Crippen molar-refractivity contribution in [2.24, 2.45) is 0 Å². The standard InChI is InChI=1S/C18H18N2O2/c1-19-15-7-8-17-13(11-15)9-10-20(17)12-14-5-3-4-6-16(14)18(21)22-2/h3-11,19H,12H2,1-2H3. The average molecular weight is 294 g/mol. The van der Waals surface area contributed by atoms with Crippen molar-refractivity contribution in [3.8, 4) is 0 Å². The highest BCUT2D eigenvalue weighted by Gasteiger charge is 2.12. The zero-order valence-corrected chi connectivity index (χ0v) is 12.7. The Kier molecular flexibility index (Phi) is 3.83. The maximum absolute atomic E-state index is 11.9. The Morgan fingerprint density at radius 2 is 2.00 bits per heavy atom. The summed E-state index contributed by atoms with van der Waals surface area (Å²) < 4.78 is 6.99. The van der Waals surface area contributed by atoms with Gasteiger partial charge in [-0.3, -0.25) is 0 Å². The number of hydrogen-bond donors (Lipinski definition) is 1. The first-order valence-corrected chi connectivity index (χ1v) is 7.16. The van der Waals surface area contributed by atoms with E-state index >= 15 is 0 Å². The predicted octanol–water partition coefficient (Wildman–Crippen LogP) is 3.52. The van der Waals surface area contributed by atoms with Gasteiger partial charge in [0.25, 0.3) is 0 Å². The van der Waals surface area contributed by atoms with Gasteiger partial charge in [-0.2, -0.15) is 0 Å². The molecule has 0 aliphatic carbocycles. The van der Waals surface area contributed by atoms with Gasteiger partial charge in [-0.25, -0.2) is 4.79 Å². The fourth-order valence-corrected chi connectivity index (χ4v) is 2.64. The van der Waals surface area contributed by atoms with Crippen LogP contribution in [0.3, 0.4) is 0 Å². The largest absolute Gasteiger partial charge is 0.465 e. The molecule has 4 nitrogen and oxygen atoms in total. The van der Waals surface area contributed by atoms with Gasteiger partial charge in [0.1, 0.15) is 0 Å². The van der Waals surface area contributed by atoms with E-state index in [2.05, 4.69) is 28.1 Å². The zero-order valence-electron chi connectivity index (χ0n) is 12.7. The Labute approximate surface area is 129 Å². The van der Waals surface area contributed by atoms with E-state index in [9.17, 15) is 4.79 Å². The number of fused-ring (bicyclic) bond motifs is 1. The van der Waals surface area contributed by atoms with Crippen LogP contribution in [-0.2, 0) is 11.3 Å². The minimum absolute atomic E-state index is 0.301. The molecule has 0 unspecified atom stereocenters. The molecule has 2 aromatic carbocycles. The van der Waals surface area contributed by atoms with E-state index < -0.39 is 0 Å². The molecule has 3 aromatic rings. The van der Waals surface area contributed by atoms with E-state index in [1.165, 1.54) is 12.5 Å². The Morgan fingerprint density at radius 3 is 2.77 bits per heavy atom. The van der Waals surface area contributed by atoms with Crippen molar-refractivity contribution in [1.82, 2.24) is 4.57 Å². The van der Waals surface area contributed by atoms with Gasteiger partial charge in [0.05, 0.1) is 12.7 Å². The van der Waals surface area contributed by atoms with Crippen molar-refractivity contribution in [3.63, 3.8) is 0 Å². The summed E-state index contributed by atoms with van der Waals surface area (Å²) in [5, 5.41) is 4.31. The number of carbonyl (C=O) groups excluding carboxylic acids is 1. The van der Waals surface area contributed by atoms with Crippen LogP contribution in [0, 0.1) is 0 Å². The van der Waals surface area contributed by atoms with Crippen LogP contribution in [-0.4, -0.2) is 24.7 Å². The molecule has 3 rings (SSSR count). The van der Waals surface area contributed by atoms with Crippen LogP contribution < -0.4 is 5.32 Å². The summed E-state index contributed by atoms with van der Waals surface area (Å²) in [6.45, 7) is 0.633. The molecule has 0 bridgehead atoms. The second-order valence-electron chi connectivity index (χ2n) is 5.12. The summed E-state index contributed by atoms with van der Waals surface area (Å²) in [4.78, 5) is 11.9. The van der Waals surface area contributed by atoms with Gasteiger partial charge < -0.3 is 14.6 Å². The summed E-state index contributed by atoms with van der Waals surface area (Å²) in [6.07, 6.45) is 2.04. The highest BCUT2D eigenvalue weighted by molar-refractivity contribution is 5.91. The second kappa shape index (κ2) is 5.93. The number of carbonyl (C=O) groups is 1. The number of rotatable bonds is 4. The zero-order chi connectivity index (χ0) is 15.5. The first-order chi connectivity index (χ1) is 10.7. The van der Waals surface area contributed by atoms with Crippen molar-refractivity contribution in [3.05, 3.63) is 65.9 Å². The smallest absolute Gasteiger partial charge is 0.338 e. The molecule has 0 saturated carbocycles. The molecular weight excluding hydrogens is 276 g/mol. The van der Waals surface area contributed by atoms with Crippen molar-refractivity contribution in [2.75, 3.05) is 19.5 Å². The third kappa shape index (κ3) is 2.55. The Balaban J connectivity index is 1.99. The first kappa shape index (κ1) is 14.2. The molecule has 0 fully saturated rings. The quantitative estimate of drug-likeness (QED) is 0.749. The number of nitrogens with one attached hydrogen (secondary N) is 1. The maximum atomic E-state index is 11.9. The van der Waals surface area contributed by atoms with Crippen molar-refractivity contribution in [1.29, 1.82) is 0 Å². The van der Waals surface area contributed by atoms with Crippen LogP contribution in [0.2, 0.25) is 0 Å². The third-order valence-corrected chi connectivity index (χ3v) is 3.82. The first-order valence-electron chi connectivity index (χ1n) is 7.16. The lowest BCUT2D eigenvalue weighted by Gasteiger charge is -2.10. The predicted molar refractivity (Wildman–Crippen MR) is 88.4 cm³/mol. The lowest BCUT2D eigenvalue weighted by atomic mass is 10.1. The second-order valence-corrected chi connectivity index (χ2v) is 5.12. The Hall–Kier alpha value is -2.75. The number of benzene rings is 2. The molecule has 0 saturated heterocycles. The monoisotopic (exact) mass is 294 g/mol. The Bertz CT molecular complexity index is 821. The average Bonchev–Trinajstić information content (AvgIpc) is 2.96. The van der Waals surface area contributed by atoms with Crippen LogP contribution in [0.15, 0.2) is 54.7 Å². The molecule has 0 aliphatic heterocycles. The summed E-state index contributed by atoms with van der Waals surface area (Å²) >= 11 is 0. The molecule has 1 N–H and O–H groups in total. The number of anilines is 1. The SMILES string of the molecule is CNc1ccc2c(ccn2Cc2ccccc2C(=O)OC)c1. The van der Waals surface area contributed by atoms with Gasteiger partial charge in [0, 0.05) is 36.4 Å². The lowest BCUT2D eigenvalue weighted by Crippen LogP contribution is -2.08. The van der Waals surface area contributed by atoms with E-state index in [1.807, 2.05) is 37.5 Å². The van der Waals surface area contributed by atoms with Gasteiger partial charge in [-0.15, -0.1) is 0 Å². The highest BCUT2D eigenvalue weighted by atomic mass is 16.5. The van der Waals surface area contributed by atoms with E-state index in [-0.39, 0.29) is 5.97 Å². The summed E-state index contributed by atoms with van der Waals surface area (Å²) in [5.74, 6) is -0.301. The van der Waals surface area contributed by atoms with Crippen LogP contribution >= 0.6 is 0 Å². The molecule has 0 radical (unpaired) electrons. The van der Waals surface area contributed by atoms with Crippen LogP contribution in [0.5, 0.6) is 0 Å². The van der Waals surface area contributed by atoms with Crippen molar-refractivity contribution in [2.45, 2.75) is 6.54 Å². The van der Waals surface area contributed by atoms with Crippen molar-refractivity contribution >= 4 is 22.6 Å². The van der Waals surface area contributed by atoms with Crippen LogP contribution in [0.25, 0.3) is 10.9 Å². The molecule has 1 heterocycles. The molecule has 0 aliphatic rings. The normalized spacial score (nSPS) is 10.6. The fourth-order valence-electron chi connectivity index (χ4n) is 2.64. The number of esters is 1. The van der Waals surface area contributed by atoms with Gasteiger partial charge in [0.15, 0.2) is 0 Å². The van der Waals surface area contributed by atoms with Gasteiger partial charge in [0.2, 0.25) is 0 Å². The number of nitrogens with zero attached hydrogens (tertiary/aromatic N) is 1. The minimum Gasteiger partial charge on any atom is -0.465 e. The minimum atomic E-state index is -0.301. The lowest BCUT2D eigenvalue weighted by molar-refractivity contribution is 0.0599. The molecule has 22 heavy (non-hydrogen) atoms. The van der Waals surface area contributed by atoms with Crippen molar-refractivity contribution < 1.29 is 9.53 Å². The number of hydrogen-bond acceptors (Lipinski definition) is 3. The topological polar surface area (TPSA) is 43.3 Å². The summed E-state index contributed by atoms with van der Waals surface area (Å²) in [5.41, 5.74) is 3.78. The molecule has 4 heteroatoms. The molecule has 0 amide bonds. The number of methoxy groups -OCH3 is 1. The molecule has 112 valence electrons. The highest BCUT2D eigenvalue weighted by Crippen LogP contribution is 2.22. The Morgan fingerprint density at radius 1 is 1.18 bits per heavy atom.